The van der Waals surface area contributed by atoms with Crippen LogP contribution in [0.2, 0.25) is 0 Å². The second kappa shape index (κ2) is 2.55. The Morgan fingerprint density at radius 2 is 2.08 bits per heavy atom. The van der Waals surface area contributed by atoms with Crippen molar-refractivity contribution in [2.24, 2.45) is 0 Å². The van der Waals surface area contributed by atoms with E-state index in [1.807, 2.05) is 0 Å². The molecule has 0 atom stereocenters. The Kier molecular flexibility index (Phi) is 1.53. The van der Waals surface area contributed by atoms with Gasteiger partial charge in [0.15, 0.2) is 0 Å². The molecular weight excluding hydrogens is 158 g/mol. The highest BCUT2D eigenvalue weighted by atomic mass is 16.6. The average Bonchev–Trinajstić information content (AvgIpc) is 2.12. The highest BCUT2D eigenvalue weighted by Gasteiger charge is 2.25. The summed E-state index contributed by atoms with van der Waals surface area (Å²) in [5.41, 5.74) is 0.722. The first-order chi connectivity index (χ1) is 5.79. The summed E-state index contributed by atoms with van der Waals surface area (Å²) in [6.07, 6.45) is 0. The van der Waals surface area contributed by atoms with E-state index in [2.05, 4.69) is 0 Å². The van der Waals surface area contributed by atoms with Crippen molar-refractivity contribution in [2.45, 2.75) is 6.92 Å². The molecule has 12 heavy (non-hydrogen) atoms. The number of rotatable bonds is 0. The number of aromatic nitrogens is 1. The van der Waals surface area contributed by atoms with Crippen LogP contribution >= 0.6 is 0 Å². The summed E-state index contributed by atoms with van der Waals surface area (Å²) in [7, 11) is 0. The van der Waals surface area contributed by atoms with Crippen molar-refractivity contribution in [3.8, 4) is 11.6 Å². The molecule has 1 aromatic rings. The van der Waals surface area contributed by atoms with Gasteiger partial charge in [-0.05, 0) is 6.07 Å². The molecule has 1 aromatic heterocycles. The summed E-state index contributed by atoms with van der Waals surface area (Å²) in [5, 5.41) is 9.46. The van der Waals surface area contributed by atoms with E-state index in [0.29, 0.717) is 24.8 Å². The fraction of sp³-hybridized carbons (Fsp3) is 0.375. The molecule has 2 heterocycles. The average molecular weight is 168 g/mol. The Morgan fingerprint density at radius 3 is 2.92 bits per heavy atom. The van der Waals surface area contributed by atoms with Gasteiger partial charge in [0, 0.05) is 13.0 Å². The molecular formula is C8H10NO3+. The Balaban J connectivity index is 2.54. The highest BCUT2D eigenvalue weighted by molar-refractivity contribution is 5.30. The first-order valence-electron chi connectivity index (χ1n) is 3.79. The van der Waals surface area contributed by atoms with Gasteiger partial charge in [-0.15, -0.1) is 0 Å². The summed E-state index contributed by atoms with van der Waals surface area (Å²) < 4.78 is 11.5. The monoisotopic (exact) mass is 168 g/mol. The van der Waals surface area contributed by atoms with Crippen LogP contribution in [0.3, 0.4) is 0 Å². The van der Waals surface area contributed by atoms with E-state index in [1.54, 1.807) is 19.1 Å². The van der Waals surface area contributed by atoms with Crippen molar-refractivity contribution < 1.29 is 19.4 Å². The van der Waals surface area contributed by atoms with Crippen LogP contribution in [0.25, 0.3) is 0 Å². The summed E-state index contributed by atoms with van der Waals surface area (Å²) in [6.45, 7) is 2.81. The van der Waals surface area contributed by atoms with E-state index in [0.717, 1.165) is 10.4 Å². The minimum Gasteiger partial charge on any atom is -0.481 e. The molecule has 64 valence electrons. The van der Waals surface area contributed by atoms with E-state index < -0.39 is 0 Å². The SMILES string of the molecule is Cc1ccc2c([n+]1O)OCCO2. The van der Waals surface area contributed by atoms with Gasteiger partial charge in [-0.3, -0.25) is 5.21 Å². The van der Waals surface area contributed by atoms with Gasteiger partial charge in [0.2, 0.25) is 11.4 Å². The van der Waals surface area contributed by atoms with Gasteiger partial charge >= 0.3 is 5.88 Å². The van der Waals surface area contributed by atoms with Gasteiger partial charge in [0.25, 0.3) is 0 Å². The van der Waals surface area contributed by atoms with Gasteiger partial charge in [0.1, 0.15) is 13.2 Å². The number of nitrogens with zero attached hydrogens (tertiary/aromatic N) is 1. The molecule has 4 nitrogen and oxygen atoms in total. The topological polar surface area (TPSA) is 42.6 Å². The number of aryl methyl sites for hydroxylation is 1. The highest BCUT2D eigenvalue weighted by Crippen LogP contribution is 2.25. The normalized spacial score (nSPS) is 14.4. The first kappa shape index (κ1) is 7.21. The molecule has 0 fully saturated rings. The maximum atomic E-state index is 9.46. The summed E-state index contributed by atoms with van der Waals surface area (Å²) in [4.78, 5) is 0. The quantitative estimate of drug-likeness (QED) is 0.447. The second-order valence-corrected chi connectivity index (χ2v) is 2.65. The van der Waals surface area contributed by atoms with Gasteiger partial charge in [-0.1, -0.05) is 0 Å². The van der Waals surface area contributed by atoms with Crippen LogP contribution in [0.5, 0.6) is 11.6 Å². The van der Waals surface area contributed by atoms with E-state index in [9.17, 15) is 5.21 Å². The molecule has 0 saturated carbocycles. The lowest BCUT2D eigenvalue weighted by atomic mass is 10.3. The fourth-order valence-corrected chi connectivity index (χ4v) is 1.13. The minimum absolute atomic E-state index is 0.390. The molecule has 0 amide bonds. The molecule has 0 aromatic carbocycles. The van der Waals surface area contributed by atoms with Crippen molar-refractivity contribution >= 4 is 0 Å². The lowest BCUT2D eigenvalue weighted by molar-refractivity contribution is -0.910. The Hall–Kier alpha value is -1.45. The number of pyridine rings is 1. The van der Waals surface area contributed by atoms with Gasteiger partial charge < -0.3 is 9.47 Å². The Labute approximate surface area is 69.9 Å². The van der Waals surface area contributed by atoms with Crippen LogP contribution in [0.4, 0.5) is 0 Å². The molecule has 2 rings (SSSR count). The third kappa shape index (κ3) is 0.958. The maximum absolute atomic E-state index is 9.46. The zero-order valence-electron chi connectivity index (χ0n) is 6.78. The fourth-order valence-electron chi connectivity index (χ4n) is 1.13. The lowest BCUT2D eigenvalue weighted by Crippen LogP contribution is -2.38. The predicted molar refractivity (Wildman–Crippen MR) is 39.5 cm³/mol. The van der Waals surface area contributed by atoms with Crippen molar-refractivity contribution in [3.63, 3.8) is 0 Å². The molecule has 0 unspecified atom stereocenters. The molecule has 1 N–H and O–H groups in total. The van der Waals surface area contributed by atoms with Gasteiger partial charge in [0.05, 0.1) is 4.73 Å². The summed E-state index contributed by atoms with van der Waals surface area (Å²) in [6, 6.07) is 3.56. The second-order valence-electron chi connectivity index (χ2n) is 2.65. The van der Waals surface area contributed by atoms with Crippen LogP contribution in [0, 0.1) is 6.92 Å². The lowest BCUT2D eigenvalue weighted by Gasteiger charge is -2.13. The van der Waals surface area contributed by atoms with Gasteiger partial charge in [-0.2, -0.15) is 0 Å². The standard InChI is InChI=1S/C8H10NO3/c1-6-2-3-7-8(9(6)10)12-5-4-11-7/h2-3,10H,4-5H2,1H3/q+1. The molecule has 1 aliphatic rings. The van der Waals surface area contributed by atoms with Crippen molar-refractivity contribution in [1.82, 2.24) is 0 Å². The molecule has 1 aliphatic heterocycles. The summed E-state index contributed by atoms with van der Waals surface area (Å²) in [5.74, 6) is 0.982. The van der Waals surface area contributed by atoms with Crippen LogP contribution in [-0.2, 0) is 0 Å². The number of hydrogen-bond acceptors (Lipinski definition) is 3. The zero-order chi connectivity index (χ0) is 8.55. The van der Waals surface area contributed by atoms with Crippen molar-refractivity contribution in [3.05, 3.63) is 17.8 Å². The third-order valence-corrected chi connectivity index (χ3v) is 1.79. The van der Waals surface area contributed by atoms with E-state index in [1.165, 1.54) is 0 Å². The molecule has 4 heteroatoms. The van der Waals surface area contributed by atoms with Gasteiger partial charge in [-0.25, -0.2) is 0 Å². The predicted octanol–water partition coefficient (Wildman–Crippen LogP) is 0.291. The number of ether oxygens (including phenoxy) is 2. The van der Waals surface area contributed by atoms with Crippen LogP contribution in [0.15, 0.2) is 12.1 Å². The van der Waals surface area contributed by atoms with Crippen molar-refractivity contribution in [2.75, 3.05) is 13.2 Å². The molecule has 0 spiro atoms. The van der Waals surface area contributed by atoms with Crippen LogP contribution in [0.1, 0.15) is 5.69 Å². The van der Waals surface area contributed by atoms with E-state index in [-0.39, 0.29) is 0 Å². The minimum atomic E-state index is 0.390. The third-order valence-electron chi connectivity index (χ3n) is 1.79. The molecule has 0 aliphatic carbocycles. The van der Waals surface area contributed by atoms with Crippen LogP contribution < -0.4 is 14.2 Å². The zero-order valence-corrected chi connectivity index (χ0v) is 6.78. The maximum Gasteiger partial charge on any atom is 0.460 e. The molecule has 0 bridgehead atoms. The van der Waals surface area contributed by atoms with Crippen LogP contribution in [-0.4, -0.2) is 18.4 Å². The van der Waals surface area contributed by atoms with Crippen molar-refractivity contribution in [1.29, 1.82) is 0 Å². The number of fused-ring (bicyclic) bond motifs is 1. The summed E-state index contributed by atoms with van der Waals surface area (Å²) >= 11 is 0. The first-order valence-corrected chi connectivity index (χ1v) is 3.79. The van der Waals surface area contributed by atoms with E-state index >= 15 is 0 Å². The Morgan fingerprint density at radius 1 is 1.33 bits per heavy atom. The number of hydrogen-bond donors (Lipinski definition) is 1. The molecule has 0 radical (unpaired) electrons. The largest absolute Gasteiger partial charge is 0.481 e. The molecule has 0 saturated heterocycles. The van der Waals surface area contributed by atoms with E-state index in [4.69, 9.17) is 9.47 Å². The Bertz CT molecular complexity index is 311. The smallest absolute Gasteiger partial charge is 0.460 e.